The molecule has 0 saturated carbocycles. The molecule has 0 saturated heterocycles. The molecule has 2 aromatic heterocycles. The Labute approximate surface area is 76.2 Å². The third-order valence-electron chi connectivity index (χ3n) is 1.90. The van der Waals surface area contributed by atoms with Crippen LogP contribution in [0.1, 0.15) is 5.76 Å². The first-order chi connectivity index (χ1) is 6.42. The summed E-state index contributed by atoms with van der Waals surface area (Å²) in [6.07, 6.45) is 5.18. The molecule has 0 atom stereocenters. The lowest BCUT2D eigenvalue weighted by atomic mass is 10.1. The number of furan rings is 1. The van der Waals surface area contributed by atoms with Gasteiger partial charge in [0.2, 0.25) is 0 Å². The van der Waals surface area contributed by atoms with Crippen LogP contribution in [0.4, 0.5) is 0 Å². The van der Waals surface area contributed by atoms with E-state index in [9.17, 15) is 0 Å². The Morgan fingerprint density at radius 2 is 2.31 bits per heavy atom. The van der Waals surface area contributed by atoms with Gasteiger partial charge in [0.1, 0.15) is 5.76 Å². The Bertz CT molecular complexity index is 381. The Morgan fingerprint density at radius 1 is 1.38 bits per heavy atom. The van der Waals surface area contributed by atoms with Gasteiger partial charge >= 0.3 is 0 Å². The van der Waals surface area contributed by atoms with E-state index in [1.54, 1.807) is 18.7 Å². The largest absolute Gasteiger partial charge is 0.467 e. The summed E-state index contributed by atoms with van der Waals surface area (Å²) in [6.45, 7) is 0.414. The maximum absolute atomic E-state index is 5.52. The van der Waals surface area contributed by atoms with Gasteiger partial charge in [0, 0.05) is 23.5 Å². The van der Waals surface area contributed by atoms with Crippen LogP contribution in [-0.4, -0.2) is 4.98 Å². The predicted molar refractivity (Wildman–Crippen MR) is 49.8 cm³/mol. The minimum absolute atomic E-state index is 0.414. The molecule has 0 fully saturated rings. The molecule has 0 aromatic carbocycles. The fourth-order valence-corrected chi connectivity index (χ4v) is 1.28. The molecule has 0 radical (unpaired) electrons. The second-order valence-corrected chi connectivity index (χ2v) is 2.70. The van der Waals surface area contributed by atoms with Crippen molar-refractivity contribution in [3.63, 3.8) is 0 Å². The van der Waals surface area contributed by atoms with Crippen LogP contribution < -0.4 is 5.73 Å². The van der Waals surface area contributed by atoms with Gasteiger partial charge < -0.3 is 10.2 Å². The molecule has 0 aliphatic heterocycles. The highest BCUT2D eigenvalue weighted by molar-refractivity contribution is 5.64. The molecule has 2 aromatic rings. The van der Waals surface area contributed by atoms with Crippen molar-refractivity contribution in [3.05, 3.63) is 42.6 Å². The van der Waals surface area contributed by atoms with Gasteiger partial charge in [-0.2, -0.15) is 0 Å². The highest BCUT2D eigenvalue weighted by Gasteiger charge is 2.05. The number of rotatable bonds is 2. The van der Waals surface area contributed by atoms with Crippen LogP contribution in [0.3, 0.4) is 0 Å². The zero-order valence-electron chi connectivity index (χ0n) is 7.10. The van der Waals surface area contributed by atoms with Gasteiger partial charge in [0.15, 0.2) is 0 Å². The number of nitrogens with zero attached hydrogens (tertiary/aromatic N) is 1. The van der Waals surface area contributed by atoms with Gasteiger partial charge in [0.25, 0.3) is 0 Å². The summed E-state index contributed by atoms with van der Waals surface area (Å²) in [5.74, 6) is 0.799. The number of nitrogens with two attached hydrogens (primary N) is 1. The van der Waals surface area contributed by atoms with Crippen molar-refractivity contribution in [1.29, 1.82) is 0 Å². The van der Waals surface area contributed by atoms with Gasteiger partial charge in [-0.1, -0.05) is 6.07 Å². The topological polar surface area (TPSA) is 52.0 Å². The molecule has 0 bridgehead atoms. The highest BCUT2D eigenvalue weighted by Crippen LogP contribution is 2.23. The number of hydrogen-bond acceptors (Lipinski definition) is 3. The van der Waals surface area contributed by atoms with Gasteiger partial charge in [-0.05, 0) is 12.1 Å². The standard InChI is InChI=1S/C10H10N2O/c11-6-10-9(3-5-13-10)8-2-1-4-12-7-8/h1-5,7H,6,11H2. The first-order valence-electron chi connectivity index (χ1n) is 4.08. The average molecular weight is 174 g/mol. The Hall–Kier alpha value is -1.61. The third kappa shape index (κ3) is 1.46. The van der Waals surface area contributed by atoms with E-state index in [0.29, 0.717) is 6.54 Å². The molecule has 0 aliphatic carbocycles. The van der Waals surface area contributed by atoms with Gasteiger partial charge in [-0.25, -0.2) is 0 Å². The summed E-state index contributed by atoms with van der Waals surface area (Å²) in [6, 6.07) is 5.78. The van der Waals surface area contributed by atoms with Crippen LogP contribution in [-0.2, 0) is 6.54 Å². The second kappa shape index (κ2) is 3.41. The quantitative estimate of drug-likeness (QED) is 0.755. The molecule has 13 heavy (non-hydrogen) atoms. The zero-order valence-corrected chi connectivity index (χ0v) is 7.10. The van der Waals surface area contributed by atoms with E-state index in [2.05, 4.69) is 4.98 Å². The van der Waals surface area contributed by atoms with Crippen molar-refractivity contribution < 1.29 is 4.42 Å². The third-order valence-corrected chi connectivity index (χ3v) is 1.90. The van der Waals surface area contributed by atoms with Crippen LogP contribution in [0.25, 0.3) is 11.1 Å². The summed E-state index contributed by atoms with van der Waals surface area (Å²) in [5, 5.41) is 0. The molecule has 0 amide bonds. The summed E-state index contributed by atoms with van der Waals surface area (Å²) < 4.78 is 5.22. The molecule has 66 valence electrons. The summed E-state index contributed by atoms with van der Waals surface area (Å²) in [5.41, 5.74) is 7.58. The fraction of sp³-hybridized carbons (Fsp3) is 0.100. The van der Waals surface area contributed by atoms with Gasteiger partial charge in [-0.15, -0.1) is 0 Å². The molecular formula is C10H10N2O. The minimum atomic E-state index is 0.414. The lowest BCUT2D eigenvalue weighted by molar-refractivity contribution is 0.513. The van der Waals surface area contributed by atoms with E-state index in [0.717, 1.165) is 16.9 Å². The van der Waals surface area contributed by atoms with Gasteiger partial charge in [0.05, 0.1) is 12.8 Å². The monoisotopic (exact) mass is 174 g/mol. The molecule has 0 aliphatic rings. The smallest absolute Gasteiger partial charge is 0.125 e. The zero-order chi connectivity index (χ0) is 9.10. The van der Waals surface area contributed by atoms with Crippen LogP contribution in [0.15, 0.2) is 41.3 Å². The van der Waals surface area contributed by atoms with Crippen molar-refractivity contribution in [3.8, 4) is 11.1 Å². The van der Waals surface area contributed by atoms with Crippen molar-refractivity contribution >= 4 is 0 Å². The Kier molecular flexibility index (Phi) is 2.10. The van der Waals surface area contributed by atoms with E-state index in [1.807, 2.05) is 18.2 Å². The molecule has 2 N–H and O–H groups in total. The first kappa shape index (κ1) is 8.01. The van der Waals surface area contributed by atoms with Crippen LogP contribution in [0.2, 0.25) is 0 Å². The normalized spacial score (nSPS) is 10.2. The number of pyridine rings is 1. The molecule has 0 unspecified atom stereocenters. The SMILES string of the molecule is NCc1occc1-c1cccnc1. The van der Waals surface area contributed by atoms with E-state index < -0.39 is 0 Å². The molecule has 3 nitrogen and oxygen atoms in total. The molecule has 2 rings (SSSR count). The average Bonchev–Trinajstić information content (AvgIpc) is 2.67. The first-order valence-corrected chi connectivity index (χ1v) is 4.08. The molecule has 3 heteroatoms. The molecule has 0 spiro atoms. The van der Waals surface area contributed by atoms with Crippen molar-refractivity contribution in [2.24, 2.45) is 5.73 Å². The van der Waals surface area contributed by atoms with Crippen LogP contribution in [0, 0.1) is 0 Å². The van der Waals surface area contributed by atoms with Crippen molar-refractivity contribution in [1.82, 2.24) is 4.98 Å². The Morgan fingerprint density at radius 3 is 3.00 bits per heavy atom. The predicted octanol–water partition coefficient (Wildman–Crippen LogP) is 1.80. The number of aromatic nitrogens is 1. The van der Waals surface area contributed by atoms with Crippen LogP contribution >= 0.6 is 0 Å². The minimum Gasteiger partial charge on any atom is -0.467 e. The van der Waals surface area contributed by atoms with E-state index in [-0.39, 0.29) is 0 Å². The summed E-state index contributed by atoms with van der Waals surface area (Å²) in [7, 11) is 0. The maximum atomic E-state index is 5.52. The molecular weight excluding hydrogens is 164 g/mol. The van der Waals surface area contributed by atoms with Crippen molar-refractivity contribution in [2.75, 3.05) is 0 Å². The maximum Gasteiger partial charge on any atom is 0.125 e. The number of hydrogen-bond donors (Lipinski definition) is 1. The lowest BCUT2D eigenvalue weighted by Gasteiger charge is -1.98. The lowest BCUT2D eigenvalue weighted by Crippen LogP contribution is -1.95. The fourth-order valence-electron chi connectivity index (χ4n) is 1.28. The summed E-state index contributed by atoms with van der Waals surface area (Å²) in [4.78, 5) is 4.03. The molecule has 2 heterocycles. The van der Waals surface area contributed by atoms with E-state index in [1.165, 1.54) is 0 Å². The van der Waals surface area contributed by atoms with Crippen molar-refractivity contribution in [2.45, 2.75) is 6.54 Å². The van der Waals surface area contributed by atoms with Crippen LogP contribution in [0.5, 0.6) is 0 Å². The van der Waals surface area contributed by atoms with Gasteiger partial charge in [-0.3, -0.25) is 4.98 Å². The second-order valence-electron chi connectivity index (χ2n) is 2.70. The van der Waals surface area contributed by atoms with E-state index >= 15 is 0 Å². The van der Waals surface area contributed by atoms with E-state index in [4.69, 9.17) is 10.2 Å². The summed E-state index contributed by atoms with van der Waals surface area (Å²) >= 11 is 0. The highest BCUT2D eigenvalue weighted by atomic mass is 16.3. The Balaban J connectivity index is 2.47.